The molecule has 0 aliphatic heterocycles. The number of nitrogens with one attached hydrogen (secondary N) is 1. The summed E-state index contributed by atoms with van der Waals surface area (Å²) in [6.45, 7) is 2.87. The third-order valence-electron chi connectivity index (χ3n) is 5.84. The van der Waals surface area contributed by atoms with Crippen LogP contribution in [0.2, 0.25) is 0 Å². The Bertz CT molecular complexity index is 1280. The molecule has 0 saturated carbocycles. The van der Waals surface area contributed by atoms with Gasteiger partial charge < -0.3 is 21.4 Å². The van der Waals surface area contributed by atoms with Crippen LogP contribution >= 0.6 is 15.9 Å². The van der Waals surface area contributed by atoms with Crippen LogP contribution in [-0.4, -0.2) is 44.2 Å². The monoisotopic (exact) mass is 583 g/mol. The second-order valence-corrected chi connectivity index (χ2v) is 9.28. The Morgan fingerprint density at radius 3 is 2.46 bits per heavy atom. The average molecular weight is 584 g/mol. The maximum absolute atomic E-state index is 14.0. The van der Waals surface area contributed by atoms with Gasteiger partial charge in [-0.3, -0.25) is 14.3 Å². The molecule has 3 aromatic rings. The summed E-state index contributed by atoms with van der Waals surface area (Å²) in [5, 5.41) is 6.55. The van der Waals surface area contributed by atoms with Gasteiger partial charge in [0.25, 0.3) is 11.8 Å². The van der Waals surface area contributed by atoms with Gasteiger partial charge >= 0.3 is 6.18 Å². The number of benzene rings is 1. The van der Waals surface area contributed by atoms with Gasteiger partial charge in [0.05, 0.1) is 22.5 Å². The van der Waals surface area contributed by atoms with Crippen LogP contribution in [-0.2, 0) is 19.8 Å². The van der Waals surface area contributed by atoms with Crippen molar-refractivity contribution in [3.8, 4) is 22.5 Å². The van der Waals surface area contributed by atoms with E-state index in [9.17, 15) is 22.8 Å². The molecule has 0 unspecified atom stereocenters. The van der Waals surface area contributed by atoms with Gasteiger partial charge in [-0.25, -0.2) is 4.98 Å². The topological polar surface area (TPSA) is 134 Å². The van der Waals surface area contributed by atoms with E-state index in [-0.39, 0.29) is 40.4 Å². The average Bonchev–Trinajstić information content (AvgIpc) is 3.42. The Hall–Kier alpha value is -3.19. The van der Waals surface area contributed by atoms with Crippen LogP contribution in [0.3, 0.4) is 0 Å². The van der Waals surface area contributed by atoms with Gasteiger partial charge in [-0.05, 0) is 48.3 Å². The van der Waals surface area contributed by atoms with Crippen molar-refractivity contribution >= 4 is 27.7 Å². The van der Waals surface area contributed by atoms with E-state index in [0.29, 0.717) is 17.6 Å². The second-order valence-electron chi connectivity index (χ2n) is 8.42. The standard InChI is InChI=1S/C24H29BrF3N7O2/c1-3-35-13-15(20(33-35)24(26,27)28)19-18(32-22(21(30)36)34(19)2)14-9-8-10-16(25)17(14)23(37)31-12-7-5-4-6-11-29/h8-10,13H,3-7,11-12,29H2,1-2H3,(H2,30,36)(H,31,37). The number of nitrogens with zero attached hydrogens (tertiary/aromatic N) is 4. The summed E-state index contributed by atoms with van der Waals surface area (Å²) in [7, 11) is 1.40. The minimum Gasteiger partial charge on any atom is -0.363 e. The number of aromatic nitrogens is 4. The van der Waals surface area contributed by atoms with E-state index in [1.807, 2.05) is 0 Å². The van der Waals surface area contributed by atoms with Crippen LogP contribution < -0.4 is 16.8 Å². The normalized spacial score (nSPS) is 11.6. The first-order chi connectivity index (χ1) is 17.5. The number of halogens is 4. The highest BCUT2D eigenvalue weighted by Crippen LogP contribution is 2.41. The molecule has 0 aliphatic carbocycles. The minimum atomic E-state index is -4.77. The van der Waals surface area contributed by atoms with Crippen LogP contribution in [0.4, 0.5) is 13.2 Å². The fourth-order valence-corrected chi connectivity index (χ4v) is 4.59. The molecule has 0 radical (unpaired) electrons. The molecular formula is C24H29BrF3N7O2. The first-order valence-electron chi connectivity index (χ1n) is 11.8. The number of carbonyl (C=O) groups excluding carboxylic acids is 2. The summed E-state index contributed by atoms with van der Waals surface area (Å²) in [6, 6.07) is 4.84. The lowest BCUT2D eigenvalue weighted by molar-refractivity contribution is -0.141. The predicted octanol–water partition coefficient (Wildman–Crippen LogP) is 4.10. The molecule has 3 rings (SSSR count). The number of aryl methyl sites for hydroxylation is 1. The highest BCUT2D eigenvalue weighted by Gasteiger charge is 2.40. The van der Waals surface area contributed by atoms with Crippen molar-refractivity contribution in [2.45, 2.75) is 45.3 Å². The van der Waals surface area contributed by atoms with Gasteiger partial charge in [0.2, 0.25) is 0 Å². The lowest BCUT2D eigenvalue weighted by atomic mass is 9.99. The van der Waals surface area contributed by atoms with Crippen molar-refractivity contribution in [1.82, 2.24) is 24.6 Å². The molecule has 0 saturated heterocycles. The van der Waals surface area contributed by atoms with Crippen molar-refractivity contribution < 1.29 is 22.8 Å². The zero-order valence-electron chi connectivity index (χ0n) is 20.5. The zero-order valence-corrected chi connectivity index (χ0v) is 22.1. The summed E-state index contributed by atoms with van der Waals surface area (Å²) >= 11 is 3.39. The number of carbonyl (C=O) groups is 2. The summed E-state index contributed by atoms with van der Waals surface area (Å²) < 4.78 is 44.7. The lowest BCUT2D eigenvalue weighted by Crippen LogP contribution is -2.25. The fraction of sp³-hybridized carbons (Fsp3) is 0.417. The summed E-state index contributed by atoms with van der Waals surface area (Å²) in [4.78, 5) is 29.6. The number of nitrogens with two attached hydrogens (primary N) is 2. The van der Waals surface area contributed by atoms with Gasteiger partial charge in [0, 0.05) is 36.4 Å². The van der Waals surface area contributed by atoms with Gasteiger partial charge in [-0.2, -0.15) is 18.3 Å². The van der Waals surface area contributed by atoms with E-state index in [1.165, 1.54) is 17.8 Å². The Morgan fingerprint density at radius 2 is 1.84 bits per heavy atom. The maximum Gasteiger partial charge on any atom is 0.435 e. The van der Waals surface area contributed by atoms with Crippen molar-refractivity contribution in [3.63, 3.8) is 0 Å². The maximum atomic E-state index is 14.0. The van der Waals surface area contributed by atoms with Gasteiger partial charge in [-0.1, -0.05) is 25.0 Å². The van der Waals surface area contributed by atoms with Crippen LogP contribution in [0.25, 0.3) is 22.5 Å². The van der Waals surface area contributed by atoms with Crippen LogP contribution in [0.1, 0.15) is 59.3 Å². The van der Waals surface area contributed by atoms with Crippen LogP contribution in [0.15, 0.2) is 28.9 Å². The van der Waals surface area contributed by atoms with E-state index >= 15 is 0 Å². The third-order valence-corrected chi connectivity index (χ3v) is 6.50. The molecular weight excluding hydrogens is 555 g/mol. The SMILES string of the molecule is CCn1cc(-c2c(-c3cccc(Br)c3C(=O)NCCCCCCN)nc(C(N)=O)n2C)c(C(F)(F)F)n1. The number of rotatable bonds is 11. The molecule has 1 aromatic carbocycles. The molecule has 9 nitrogen and oxygen atoms in total. The smallest absolute Gasteiger partial charge is 0.363 e. The molecule has 2 amide bonds. The largest absolute Gasteiger partial charge is 0.435 e. The van der Waals surface area contributed by atoms with Crippen LogP contribution in [0, 0.1) is 0 Å². The van der Waals surface area contributed by atoms with E-state index in [0.717, 1.165) is 30.4 Å². The molecule has 0 aliphatic rings. The van der Waals surface area contributed by atoms with Gasteiger partial charge in [0.15, 0.2) is 11.5 Å². The number of hydrogen-bond acceptors (Lipinski definition) is 5. The lowest BCUT2D eigenvalue weighted by Gasteiger charge is -2.13. The van der Waals surface area contributed by atoms with Crippen LogP contribution in [0.5, 0.6) is 0 Å². The molecule has 5 N–H and O–H groups in total. The molecule has 2 aromatic heterocycles. The third kappa shape index (κ3) is 6.21. The van der Waals surface area contributed by atoms with Crippen molar-refractivity contribution in [3.05, 3.63) is 46.0 Å². The first-order valence-corrected chi connectivity index (χ1v) is 12.6. The van der Waals surface area contributed by atoms with Crippen molar-refractivity contribution in [1.29, 1.82) is 0 Å². The molecule has 2 heterocycles. The van der Waals surface area contributed by atoms with Gasteiger partial charge in [-0.15, -0.1) is 0 Å². The Labute approximate surface area is 220 Å². The number of imidazole rings is 1. The highest BCUT2D eigenvalue weighted by atomic mass is 79.9. The second kappa shape index (κ2) is 11.9. The Kier molecular flexibility index (Phi) is 9.13. The number of hydrogen-bond donors (Lipinski definition) is 3. The zero-order chi connectivity index (χ0) is 27.3. The summed E-state index contributed by atoms with van der Waals surface area (Å²) in [6.07, 6.45) is -0.0291. The first kappa shape index (κ1) is 28.4. The molecule has 0 fully saturated rings. The molecule has 0 atom stereocenters. The van der Waals surface area contributed by atoms with Crippen molar-refractivity contribution in [2.24, 2.45) is 18.5 Å². The van der Waals surface area contributed by atoms with E-state index in [1.54, 1.807) is 25.1 Å². The number of primary amides is 1. The molecule has 0 spiro atoms. The molecule has 13 heteroatoms. The van der Waals surface area contributed by atoms with Gasteiger partial charge in [0.1, 0.15) is 0 Å². The molecule has 37 heavy (non-hydrogen) atoms. The number of amides is 2. The van der Waals surface area contributed by atoms with Crippen molar-refractivity contribution in [2.75, 3.05) is 13.1 Å². The van der Waals surface area contributed by atoms with E-state index in [2.05, 4.69) is 31.3 Å². The van der Waals surface area contributed by atoms with E-state index in [4.69, 9.17) is 11.5 Å². The Balaban J connectivity index is 2.15. The fourth-order valence-electron chi connectivity index (χ4n) is 4.05. The quantitative estimate of drug-likeness (QED) is 0.292. The number of alkyl halides is 3. The molecule has 0 bridgehead atoms. The summed E-state index contributed by atoms with van der Waals surface area (Å²) in [5.74, 6) is -1.61. The number of unbranched alkanes of at least 4 members (excludes halogenated alkanes) is 3. The highest BCUT2D eigenvalue weighted by molar-refractivity contribution is 9.10. The summed E-state index contributed by atoms with van der Waals surface area (Å²) in [5.41, 5.74) is 9.98. The predicted molar refractivity (Wildman–Crippen MR) is 137 cm³/mol. The minimum absolute atomic E-state index is 0.00634. The van der Waals surface area contributed by atoms with E-state index < -0.39 is 23.7 Å². The Morgan fingerprint density at radius 1 is 1.14 bits per heavy atom. The molecule has 200 valence electrons.